The second-order valence-corrected chi connectivity index (χ2v) is 5.32. The van der Waals surface area contributed by atoms with Gasteiger partial charge >= 0.3 is 6.18 Å². The third-order valence-corrected chi connectivity index (χ3v) is 3.43. The molecule has 8 heteroatoms. The number of nitrogens with zero attached hydrogens (tertiary/aromatic N) is 3. The number of alkyl halides is 3. The summed E-state index contributed by atoms with van der Waals surface area (Å²) in [6, 6.07) is 5.07. The van der Waals surface area contributed by atoms with Crippen molar-refractivity contribution in [2.75, 3.05) is 13.6 Å². The van der Waals surface area contributed by atoms with Crippen molar-refractivity contribution in [1.82, 2.24) is 20.4 Å². The van der Waals surface area contributed by atoms with Gasteiger partial charge in [-0.05, 0) is 29.7 Å². The molecule has 2 aromatic rings. The van der Waals surface area contributed by atoms with E-state index in [-0.39, 0.29) is 0 Å². The average molecular weight is 339 g/mol. The maximum atomic E-state index is 12.5. The minimum absolute atomic E-state index is 0.394. The molecular formula is C16H20F3N5. The number of hydrogen-bond donors (Lipinski definition) is 2. The van der Waals surface area contributed by atoms with E-state index < -0.39 is 11.7 Å². The zero-order chi connectivity index (χ0) is 17.6. The molecule has 0 atom stereocenters. The number of halogens is 3. The molecule has 0 aliphatic rings. The van der Waals surface area contributed by atoms with Crippen molar-refractivity contribution in [3.63, 3.8) is 0 Å². The monoisotopic (exact) mass is 339 g/mol. The van der Waals surface area contributed by atoms with Crippen LogP contribution in [-0.4, -0.2) is 29.3 Å². The molecule has 0 spiro atoms. The van der Waals surface area contributed by atoms with Crippen molar-refractivity contribution in [3.8, 4) is 0 Å². The van der Waals surface area contributed by atoms with Crippen molar-refractivity contribution in [2.45, 2.75) is 19.1 Å². The SMILES string of the molecule is CN=C(NCCc1cnn(C)c1)NCc1ccc(C(F)(F)F)cc1. The first-order chi connectivity index (χ1) is 11.4. The molecule has 2 rings (SSSR count). The van der Waals surface area contributed by atoms with Gasteiger partial charge in [0.25, 0.3) is 0 Å². The fourth-order valence-corrected chi connectivity index (χ4v) is 2.14. The van der Waals surface area contributed by atoms with Crippen LogP contribution < -0.4 is 10.6 Å². The highest BCUT2D eigenvalue weighted by Crippen LogP contribution is 2.28. The Balaban J connectivity index is 1.78. The Morgan fingerprint density at radius 1 is 1.17 bits per heavy atom. The number of rotatable bonds is 5. The Labute approximate surface area is 138 Å². The molecule has 1 aromatic heterocycles. The Bertz CT molecular complexity index is 674. The normalized spacial score (nSPS) is 12.3. The molecule has 0 bridgehead atoms. The van der Waals surface area contributed by atoms with Crippen molar-refractivity contribution >= 4 is 5.96 Å². The molecule has 0 saturated heterocycles. The highest BCUT2D eigenvalue weighted by Gasteiger charge is 2.29. The average Bonchev–Trinajstić information content (AvgIpc) is 2.95. The van der Waals surface area contributed by atoms with Crippen molar-refractivity contribution in [3.05, 3.63) is 53.3 Å². The van der Waals surface area contributed by atoms with Crippen LogP contribution in [0.2, 0.25) is 0 Å². The van der Waals surface area contributed by atoms with E-state index in [1.165, 1.54) is 12.1 Å². The van der Waals surface area contributed by atoms with Gasteiger partial charge in [-0.1, -0.05) is 12.1 Å². The molecule has 0 fully saturated rings. The van der Waals surface area contributed by atoms with Gasteiger partial charge < -0.3 is 10.6 Å². The Morgan fingerprint density at radius 3 is 2.42 bits per heavy atom. The molecule has 2 N–H and O–H groups in total. The van der Waals surface area contributed by atoms with E-state index in [1.54, 1.807) is 17.9 Å². The molecule has 1 aromatic carbocycles. The van der Waals surface area contributed by atoms with Crippen LogP contribution >= 0.6 is 0 Å². The summed E-state index contributed by atoms with van der Waals surface area (Å²) in [6.45, 7) is 1.07. The largest absolute Gasteiger partial charge is 0.416 e. The zero-order valence-electron chi connectivity index (χ0n) is 13.6. The van der Waals surface area contributed by atoms with Crippen molar-refractivity contribution in [1.29, 1.82) is 0 Å². The molecule has 0 radical (unpaired) electrons. The molecular weight excluding hydrogens is 319 g/mol. The number of aliphatic imine (C=N–C) groups is 1. The molecule has 0 saturated carbocycles. The number of hydrogen-bond acceptors (Lipinski definition) is 2. The van der Waals surface area contributed by atoms with Gasteiger partial charge in [-0.3, -0.25) is 9.67 Å². The predicted molar refractivity (Wildman–Crippen MR) is 86.6 cm³/mol. The third kappa shape index (κ3) is 5.29. The van der Waals surface area contributed by atoms with Gasteiger partial charge in [-0.25, -0.2) is 0 Å². The molecule has 5 nitrogen and oxygen atoms in total. The minimum Gasteiger partial charge on any atom is -0.356 e. The van der Waals surface area contributed by atoms with Gasteiger partial charge in [0.2, 0.25) is 0 Å². The Morgan fingerprint density at radius 2 is 1.88 bits per heavy atom. The summed E-state index contributed by atoms with van der Waals surface area (Å²) in [4.78, 5) is 4.09. The fraction of sp³-hybridized carbons (Fsp3) is 0.375. The molecule has 1 heterocycles. The smallest absolute Gasteiger partial charge is 0.356 e. The Kier molecular flexibility index (Phi) is 5.83. The van der Waals surface area contributed by atoms with Gasteiger partial charge in [0.15, 0.2) is 5.96 Å². The van der Waals surface area contributed by atoms with Crippen LogP contribution in [0.3, 0.4) is 0 Å². The van der Waals surface area contributed by atoms with Gasteiger partial charge in [0.1, 0.15) is 0 Å². The van der Waals surface area contributed by atoms with Gasteiger partial charge in [-0.15, -0.1) is 0 Å². The van der Waals surface area contributed by atoms with Gasteiger partial charge in [0, 0.05) is 33.4 Å². The summed E-state index contributed by atoms with van der Waals surface area (Å²) in [5, 5.41) is 10.3. The van der Waals surface area contributed by atoms with Crippen LogP contribution in [0.1, 0.15) is 16.7 Å². The quantitative estimate of drug-likeness (QED) is 0.649. The van der Waals surface area contributed by atoms with E-state index in [1.807, 2.05) is 13.2 Å². The lowest BCUT2D eigenvalue weighted by Crippen LogP contribution is -2.37. The van der Waals surface area contributed by atoms with E-state index in [0.29, 0.717) is 19.0 Å². The second kappa shape index (κ2) is 7.85. The lowest BCUT2D eigenvalue weighted by molar-refractivity contribution is -0.137. The molecule has 0 aliphatic heterocycles. The molecule has 24 heavy (non-hydrogen) atoms. The lowest BCUT2D eigenvalue weighted by Gasteiger charge is -2.12. The topological polar surface area (TPSA) is 54.2 Å². The third-order valence-electron chi connectivity index (χ3n) is 3.43. The summed E-state index contributed by atoms with van der Waals surface area (Å²) in [6.07, 6.45) is 0.241. The number of benzene rings is 1. The van der Waals surface area contributed by atoms with Crippen molar-refractivity contribution < 1.29 is 13.2 Å². The number of aromatic nitrogens is 2. The first kappa shape index (κ1) is 17.8. The standard InChI is InChI=1S/C16H20F3N5/c1-20-15(21-8-7-13-10-23-24(2)11-13)22-9-12-3-5-14(6-4-12)16(17,18)19/h3-6,10-11H,7-9H2,1-2H3,(H2,20,21,22). The van der Waals surface area contributed by atoms with Crippen LogP contribution in [0.25, 0.3) is 0 Å². The molecule has 0 unspecified atom stereocenters. The summed E-state index contributed by atoms with van der Waals surface area (Å²) in [5.74, 6) is 0.596. The summed E-state index contributed by atoms with van der Waals surface area (Å²) < 4.78 is 39.3. The van der Waals surface area contributed by atoms with E-state index in [0.717, 1.165) is 29.7 Å². The molecule has 0 amide bonds. The van der Waals surface area contributed by atoms with Crippen LogP contribution in [-0.2, 0) is 26.2 Å². The molecule has 0 aliphatic carbocycles. The molecule has 130 valence electrons. The fourth-order valence-electron chi connectivity index (χ4n) is 2.14. The number of nitrogens with one attached hydrogen (secondary N) is 2. The maximum absolute atomic E-state index is 12.5. The van der Waals surface area contributed by atoms with E-state index in [4.69, 9.17) is 0 Å². The van der Waals surface area contributed by atoms with Crippen LogP contribution in [0.5, 0.6) is 0 Å². The highest BCUT2D eigenvalue weighted by atomic mass is 19.4. The first-order valence-electron chi connectivity index (χ1n) is 7.46. The summed E-state index contributed by atoms with van der Waals surface area (Å²) in [5.41, 5.74) is 1.21. The number of aryl methyl sites for hydroxylation is 1. The maximum Gasteiger partial charge on any atom is 0.416 e. The highest BCUT2D eigenvalue weighted by molar-refractivity contribution is 5.79. The predicted octanol–water partition coefficient (Wildman–Crippen LogP) is 2.35. The van der Waals surface area contributed by atoms with Gasteiger partial charge in [0.05, 0.1) is 11.8 Å². The zero-order valence-corrected chi connectivity index (χ0v) is 13.6. The Hall–Kier alpha value is -2.51. The lowest BCUT2D eigenvalue weighted by atomic mass is 10.1. The minimum atomic E-state index is -4.31. The van der Waals surface area contributed by atoms with E-state index in [2.05, 4.69) is 20.7 Å². The first-order valence-corrected chi connectivity index (χ1v) is 7.46. The van der Waals surface area contributed by atoms with Crippen LogP contribution in [0.15, 0.2) is 41.7 Å². The van der Waals surface area contributed by atoms with E-state index in [9.17, 15) is 13.2 Å². The second-order valence-electron chi connectivity index (χ2n) is 5.32. The number of guanidine groups is 1. The van der Waals surface area contributed by atoms with E-state index >= 15 is 0 Å². The summed E-state index contributed by atoms with van der Waals surface area (Å²) >= 11 is 0. The van der Waals surface area contributed by atoms with Gasteiger partial charge in [-0.2, -0.15) is 18.3 Å². The van der Waals surface area contributed by atoms with Crippen LogP contribution in [0.4, 0.5) is 13.2 Å². The summed E-state index contributed by atoms with van der Waals surface area (Å²) in [7, 11) is 3.51. The van der Waals surface area contributed by atoms with Crippen LogP contribution in [0, 0.1) is 0 Å². The van der Waals surface area contributed by atoms with Crippen molar-refractivity contribution in [2.24, 2.45) is 12.0 Å².